The number of thiophene rings is 1. The number of aromatic nitrogens is 1. The minimum atomic E-state index is -3.42. The van der Waals surface area contributed by atoms with Crippen LogP contribution >= 0.6 is 11.3 Å². The molecule has 2 aromatic heterocycles. The van der Waals surface area contributed by atoms with Crippen molar-refractivity contribution in [2.45, 2.75) is 24.1 Å². The fourth-order valence-corrected chi connectivity index (χ4v) is 3.77. The summed E-state index contributed by atoms with van der Waals surface area (Å²) in [6.07, 6.45) is 2.49. The summed E-state index contributed by atoms with van der Waals surface area (Å²) in [7, 11) is -3.42. The van der Waals surface area contributed by atoms with Crippen LogP contribution in [0.4, 0.5) is 0 Å². The van der Waals surface area contributed by atoms with Crippen LogP contribution in [0, 0.1) is 0 Å². The third kappa shape index (κ3) is 3.16. The van der Waals surface area contributed by atoms with E-state index in [1.807, 2.05) is 19.1 Å². The number of rotatable bonds is 5. The molecule has 0 aliphatic rings. The van der Waals surface area contributed by atoms with E-state index in [-0.39, 0.29) is 6.54 Å². The molecule has 0 aromatic carbocycles. The summed E-state index contributed by atoms with van der Waals surface area (Å²) in [4.78, 5) is 5.14. The zero-order chi connectivity index (χ0) is 13.0. The van der Waals surface area contributed by atoms with Gasteiger partial charge in [-0.1, -0.05) is 13.0 Å². The van der Waals surface area contributed by atoms with Crippen molar-refractivity contribution in [1.82, 2.24) is 9.71 Å². The lowest BCUT2D eigenvalue weighted by atomic mass is 10.4. The van der Waals surface area contributed by atoms with Gasteiger partial charge >= 0.3 is 0 Å². The Morgan fingerprint density at radius 1 is 1.28 bits per heavy atom. The van der Waals surface area contributed by atoms with Crippen LogP contribution in [0.2, 0.25) is 0 Å². The lowest BCUT2D eigenvalue weighted by Gasteiger charge is -2.03. The van der Waals surface area contributed by atoms with Crippen molar-refractivity contribution in [2.24, 2.45) is 0 Å². The van der Waals surface area contributed by atoms with Crippen LogP contribution in [0.5, 0.6) is 0 Å². The summed E-state index contributed by atoms with van der Waals surface area (Å²) in [5, 5.41) is 0. The second-order valence-electron chi connectivity index (χ2n) is 3.72. The van der Waals surface area contributed by atoms with Crippen molar-refractivity contribution in [3.8, 4) is 0 Å². The van der Waals surface area contributed by atoms with Crippen molar-refractivity contribution in [3.63, 3.8) is 0 Å². The van der Waals surface area contributed by atoms with Gasteiger partial charge in [-0.25, -0.2) is 13.1 Å². The summed E-state index contributed by atoms with van der Waals surface area (Å²) in [5.41, 5.74) is 0.702. The van der Waals surface area contributed by atoms with Crippen LogP contribution < -0.4 is 4.72 Å². The molecule has 2 heterocycles. The summed E-state index contributed by atoms with van der Waals surface area (Å²) < 4.78 is 26.9. The SMILES string of the molecule is CCc1ccc(S(=O)(=O)NCc2ccccn2)s1. The molecule has 0 aliphatic carbocycles. The summed E-state index contributed by atoms with van der Waals surface area (Å²) in [6, 6.07) is 8.90. The Bertz CT molecular complexity index is 606. The lowest BCUT2D eigenvalue weighted by molar-refractivity contribution is 0.582. The molecule has 6 heteroatoms. The molecule has 0 radical (unpaired) electrons. The molecule has 0 aliphatic heterocycles. The molecule has 0 spiro atoms. The highest BCUT2D eigenvalue weighted by atomic mass is 32.2. The van der Waals surface area contributed by atoms with Gasteiger partial charge in [0, 0.05) is 11.1 Å². The first kappa shape index (κ1) is 13.2. The van der Waals surface area contributed by atoms with Gasteiger partial charge in [-0.05, 0) is 30.7 Å². The standard InChI is InChI=1S/C12H14N2O2S2/c1-2-11-6-7-12(17-11)18(15,16)14-9-10-5-3-4-8-13-10/h3-8,14H,2,9H2,1H3. The number of nitrogens with one attached hydrogen (secondary N) is 1. The molecule has 96 valence electrons. The molecule has 0 bridgehead atoms. The van der Waals surface area contributed by atoms with Gasteiger partial charge in [0.1, 0.15) is 4.21 Å². The maximum absolute atomic E-state index is 12.0. The van der Waals surface area contributed by atoms with Gasteiger partial charge in [0.15, 0.2) is 0 Å². The average molecular weight is 282 g/mol. The minimum absolute atomic E-state index is 0.211. The van der Waals surface area contributed by atoms with Crippen molar-refractivity contribution in [3.05, 3.63) is 47.1 Å². The molecule has 0 saturated heterocycles. The monoisotopic (exact) mass is 282 g/mol. The summed E-state index contributed by atoms with van der Waals surface area (Å²) in [5.74, 6) is 0. The number of aryl methyl sites for hydroxylation is 1. The van der Waals surface area contributed by atoms with Gasteiger partial charge < -0.3 is 0 Å². The van der Waals surface area contributed by atoms with E-state index in [0.29, 0.717) is 9.90 Å². The normalized spacial score (nSPS) is 11.6. The predicted octanol–water partition coefficient (Wildman–Crippen LogP) is 2.18. The summed E-state index contributed by atoms with van der Waals surface area (Å²) in [6.45, 7) is 2.21. The Morgan fingerprint density at radius 2 is 2.11 bits per heavy atom. The first-order valence-electron chi connectivity index (χ1n) is 5.60. The van der Waals surface area contributed by atoms with E-state index in [4.69, 9.17) is 0 Å². The van der Waals surface area contributed by atoms with Crippen LogP contribution in [-0.2, 0) is 23.0 Å². The second-order valence-corrected chi connectivity index (χ2v) is 6.88. The van der Waals surface area contributed by atoms with Gasteiger partial charge in [-0.2, -0.15) is 0 Å². The number of hydrogen-bond donors (Lipinski definition) is 1. The summed E-state index contributed by atoms with van der Waals surface area (Å²) >= 11 is 1.30. The third-order valence-electron chi connectivity index (χ3n) is 2.42. The van der Waals surface area contributed by atoms with Crippen LogP contribution in [-0.4, -0.2) is 13.4 Å². The smallest absolute Gasteiger partial charge is 0.250 e. The van der Waals surface area contributed by atoms with Crippen molar-refractivity contribution in [2.75, 3.05) is 0 Å². The van der Waals surface area contributed by atoms with Crippen LogP contribution in [0.1, 0.15) is 17.5 Å². The lowest BCUT2D eigenvalue weighted by Crippen LogP contribution is -2.22. The van der Waals surface area contributed by atoms with Crippen molar-refractivity contribution >= 4 is 21.4 Å². The van der Waals surface area contributed by atoms with E-state index in [2.05, 4.69) is 9.71 Å². The number of hydrogen-bond acceptors (Lipinski definition) is 4. The Hall–Kier alpha value is -1.24. The fourth-order valence-electron chi connectivity index (χ4n) is 1.44. The fraction of sp³-hybridized carbons (Fsp3) is 0.250. The predicted molar refractivity (Wildman–Crippen MR) is 72.0 cm³/mol. The maximum Gasteiger partial charge on any atom is 0.250 e. The quantitative estimate of drug-likeness (QED) is 0.914. The van der Waals surface area contributed by atoms with Crippen LogP contribution in [0.15, 0.2) is 40.7 Å². The minimum Gasteiger partial charge on any atom is -0.260 e. The van der Waals surface area contributed by atoms with E-state index in [1.165, 1.54) is 11.3 Å². The molecular formula is C12H14N2O2S2. The zero-order valence-corrected chi connectivity index (χ0v) is 11.6. The first-order chi connectivity index (χ1) is 8.62. The molecule has 2 aromatic rings. The molecule has 4 nitrogen and oxygen atoms in total. The Labute approximate surface area is 111 Å². The van der Waals surface area contributed by atoms with E-state index < -0.39 is 10.0 Å². The Balaban J connectivity index is 2.08. The van der Waals surface area contributed by atoms with Crippen LogP contribution in [0.3, 0.4) is 0 Å². The van der Waals surface area contributed by atoms with Gasteiger partial charge in [0.2, 0.25) is 10.0 Å². The van der Waals surface area contributed by atoms with Crippen molar-refractivity contribution < 1.29 is 8.42 Å². The molecule has 1 N–H and O–H groups in total. The zero-order valence-electron chi connectivity index (χ0n) is 9.96. The number of nitrogens with zero attached hydrogens (tertiary/aromatic N) is 1. The Morgan fingerprint density at radius 3 is 2.72 bits per heavy atom. The van der Waals surface area contributed by atoms with Crippen LogP contribution in [0.25, 0.3) is 0 Å². The van der Waals surface area contributed by atoms with E-state index in [1.54, 1.807) is 24.4 Å². The number of pyridine rings is 1. The maximum atomic E-state index is 12.0. The van der Waals surface area contributed by atoms with Gasteiger partial charge in [-0.15, -0.1) is 11.3 Å². The highest BCUT2D eigenvalue weighted by molar-refractivity contribution is 7.91. The molecule has 0 atom stereocenters. The molecular weight excluding hydrogens is 268 g/mol. The number of sulfonamides is 1. The van der Waals surface area contributed by atoms with Crippen molar-refractivity contribution in [1.29, 1.82) is 0 Å². The first-order valence-corrected chi connectivity index (χ1v) is 7.90. The molecule has 18 heavy (non-hydrogen) atoms. The van der Waals surface area contributed by atoms with E-state index in [9.17, 15) is 8.42 Å². The second kappa shape index (κ2) is 5.60. The average Bonchev–Trinajstić information content (AvgIpc) is 2.87. The topological polar surface area (TPSA) is 59.1 Å². The molecule has 0 amide bonds. The van der Waals surface area contributed by atoms with Gasteiger partial charge in [0.25, 0.3) is 0 Å². The van der Waals surface area contributed by atoms with Gasteiger partial charge in [-0.3, -0.25) is 4.98 Å². The molecule has 2 rings (SSSR count). The highest BCUT2D eigenvalue weighted by Crippen LogP contribution is 2.21. The largest absolute Gasteiger partial charge is 0.260 e. The third-order valence-corrected chi connectivity index (χ3v) is 5.54. The van der Waals surface area contributed by atoms with Gasteiger partial charge in [0.05, 0.1) is 12.2 Å². The van der Waals surface area contributed by atoms with E-state index >= 15 is 0 Å². The highest BCUT2D eigenvalue weighted by Gasteiger charge is 2.16. The molecule has 0 unspecified atom stereocenters. The molecule has 0 saturated carbocycles. The van der Waals surface area contributed by atoms with E-state index in [0.717, 1.165) is 11.3 Å². The molecule has 0 fully saturated rings. The Kier molecular flexibility index (Phi) is 4.11.